The van der Waals surface area contributed by atoms with Gasteiger partial charge in [0.2, 0.25) is 11.8 Å². The first-order valence-corrected chi connectivity index (χ1v) is 16.4. The molecule has 1 saturated heterocycles. The number of carbonyl (C=O) groups excluding carboxylic acids is 3. The number of cyclic esters (lactones) is 1. The van der Waals surface area contributed by atoms with E-state index in [-0.39, 0.29) is 34.9 Å². The standard InChI is InChI=1S/C22H24F3NO2.C7H9NO3.C7H8.C2H6/c1-13(2)26-18-11-16(14(3)10-17(18)21(4,5)12-20(26)27)15-8-6-7-9-19(15)28-22(23,24)25;9-6(5-1-2-5)8-3-4-11-7(8)10;1-7-5-3-2-4-6-7;1-2/h6-11,13H,12H2,1-5H3;5H,1-4H2;2-6H,1H3;1-2H3. The van der Waals surface area contributed by atoms with E-state index in [9.17, 15) is 27.6 Å². The third-order valence-electron chi connectivity index (χ3n) is 8.01. The molecule has 3 aliphatic rings. The van der Waals surface area contributed by atoms with E-state index in [2.05, 4.69) is 28.5 Å². The molecule has 0 radical (unpaired) electrons. The van der Waals surface area contributed by atoms with Crippen molar-refractivity contribution in [3.05, 3.63) is 83.4 Å². The lowest BCUT2D eigenvalue weighted by molar-refractivity contribution is -0.274. The predicted molar refractivity (Wildman–Crippen MR) is 182 cm³/mol. The molecule has 260 valence electrons. The van der Waals surface area contributed by atoms with E-state index < -0.39 is 12.5 Å². The van der Waals surface area contributed by atoms with Gasteiger partial charge in [-0.05, 0) is 69.4 Å². The zero-order valence-corrected chi connectivity index (χ0v) is 29.1. The molecule has 0 spiro atoms. The number of para-hydroxylation sites is 1. The van der Waals surface area contributed by atoms with Crippen molar-refractivity contribution in [3.63, 3.8) is 0 Å². The first-order valence-electron chi connectivity index (χ1n) is 16.4. The van der Waals surface area contributed by atoms with Crippen molar-refractivity contribution >= 4 is 23.6 Å². The number of fused-ring (bicyclic) bond motifs is 1. The number of hydrogen-bond donors (Lipinski definition) is 0. The number of alkyl halides is 3. The van der Waals surface area contributed by atoms with Crippen LogP contribution in [0, 0.1) is 19.8 Å². The van der Waals surface area contributed by atoms with Crippen molar-refractivity contribution in [2.75, 3.05) is 18.1 Å². The highest BCUT2D eigenvalue weighted by molar-refractivity contribution is 5.99. The van der Waals surface area contributed by atoms with Crippen LogP contribution in [0.5, 0.6) is 5.75 Å². The summed E-state index contributed by atoms with van der Waals surface area (Å²) in [5, 5.41) is 0. The van der Waals surface area contributed by atoms with Crippen molar-refractivity contribution in [1.29, 1.82) is 0 Å². The Balaban J connectivity index is 0.000000252. The average Bonchev–Trinajstić information content (AvgIpc) is 3.78. The molecule has 2 fully saturated rings. The summed E-state index contributed by atoms with van der Waals surface area (Å²) in [7, 11) is 0. The van der Waals surface area contributed by atoms with Gasteiger partial charge in [0, 0.05) is 35.0 Å². The number of carbonyl (C=O) groups is 3. The molecule has 0 aromatic heterocycles. The number of anilines is 1. The summed E-state index contributed by atoms with van der Waals surface area (Å²) in [6.07, 6.45) is -2.99. The van der Waals surface area contributed by atoms with Crippen LogP contribution < -0.4 is 9.64 Å². The van der Waals surface area contributed by atoms with E-state index in [1.807, 2.05) is 78.8 Å². The highest BCUT2D eigenvalue weighted by Gasteiger charge is 2.40. The summed E-state index contributed by atoms with van der Waals surface area (Å²) in [6.45, 7) is 16.6. The number of halogens is 3. The van der Waals surface area contributed by atoms with Gasteiger partial charge in [0.1, 0.15) is 12.4 Å². The smallest absolute Gasteiger partial charge is 0.447 e. The quantitative estimate of drug-likeness (QED) is 0.277. The topological polar surface area (TPSA) is 76.2 Å². The minimum absolute atomic E-state index is 0.0159. The van der Waals surface area contributed by atoms with Crippen LogP contribution in [0.25, 0.3) is 11.1 Å². The van der Waals surface area contributed by atoms with Crippen LogP contribution >= 0.6 is 0 Å². The summed E-state index contributed by atoms with van der Waals surface area (Å²) < 4.78 is 47.4. The summed E-state index contributed by atoms with van der Waals surface area (Å²) in [5.41, 5.74) is 4.55. The Kier molecular flexibility index (Phi) is 12.8. The van der Waals surface area contributed by atoms with Crippen molar-refractivity contribution in [2.24, 2.45) is 5.92 Å². The van der Waals surface area contributed by atoms with Crippen molar-refractivity contribution in [3.8, 4) is 16.9 Å². The van der Waals surface area contributed by atoms with E-state index >= 15 is 0 Å². The van der Waals surface area contributed by atoms with Crippen LogP contribution in [0.1, 0.15) is 77.5 Å². The Bertz CT molecular complexity index is 1570. The number of nitrogens with zero attached hydrogens (tertiary/aromatic N) is 2. The molecule has 0 atom stereocenters. The van der Waals surface area contributed by atoms with Crippen LogP contribution in [0.2, 0.25) is 0 Å². The first-order chi connectivity index (χ1) is 22.6. The molecule has 7 nitrogen and oxygen atoms in total. The maximum Gasteiger partial charge on any atom is 0.573 e. The molecule has 2 aliphatic heterocycles. The molecular weight excluding hydrogens is 621 g/mol. The van der Waals surface area contributed by atoms with E-state index in [4.69, 9.17) is 0 Å². The number of amides is 3. The largest absolute Gasteiger partial charge is 0.573 e. The van der Waals surface area contributed by atoms with Gasteiger partial charge in [0.25, 0.3) is 0 Å². The van der Waals surface area contributed by atoms with Gasteiger partial charge in [-0.3, -0.25) is 9.59 Å². The molecule has 6 rings (SSSR count). The van der Waals surface area contributed by atoms with Crippen molar-refractivity contribution in [1.82, 2.24) is 4.90 Å². The average molecular weight is 669 g/mol. The summed E-state index contributed by atoms with van der Waals surface area (Å²) in [4.78, 5) is 37.8. The van der Waals surface area contributed by atoms with E-state index in [1.165, 1.54) is 22.6 Å². The number of hydrogen-bond acceptors (Lipinski definition) is 5. The highest BCUT2D eigenvalue weighted by Crippen LogP contribution is 2.45. The fourth-order valence-corrected chi connectivity index (χ4v) is 5.57. The number of imide groups is 1. The first kappa shape index (κ1) is 38.1. The molecule has 1 aliphatic carbocycles. The molecule has 48 heavy (non-hydrogen) atoms. The lowest BCUT2D eigenvalue weighted by Gasteiger charge is -2.41. The van der Waals surface area contributed by atoms with Gasteiger partial charge < -0.3 is 14.4 Å². The molecule has 0 bridgehead atoms. The zero-order chi connectivity index (χ0) is 35.8. The summed E-state index contributed by atoms with van der Waals surface area (Å²) in [6, 6.07) is 20.1. The van der Waals surface area contributed by atoms with Crippen molar-refractivity contribution in [2.45, 2.75) is 92.5 Å². The predicted octanol–water partition coefficient (Wildman–Crippen LogP) is 9.38. The lowest BCUT2D eigenvalue weighted by atomic mass is 9.75. The Morgan fingerprint density at radius 1 is 0.938 bits per heavy atom. The normalized spacial score (nSPS) is 16.3. The molecule has 3 aromatic carbocycles. The van der Waals surface area contributed by atoms with Crippen LogP contribution in [-0.4, -0.2) is 48.4 Å². The molecule has 1 saturated carbocycles. The minimum atomic E-state index is -4.78. The molecule has 0 unspecified atom stereocenters. The van der Waals surface area contributed by atoms with Crippen LogP contribution in [0.4, 0.5) is 23.7 Å². The zero-order valence-electron chi connectivity index (χ0n) is 29.1. The van der Waals surface area contributed by atoms with Gasteiger partial charge in [-0.1, -0.05) is 87.9 Å². The Labute approximate surface area is 282 Å². The summed E-state index contributed by atoms with van der Waals surface area (Å²) in [5.74, 6) is -0.175. The molecule has 0 N–H and O–H groups in total. The summed E-state index contributed by atoms with van der Waals surface area (Å²) >= 11 is 0. The second-order valence-electron chi connectivity index (χ2n) is 12.7. The molecule has 10 heteroatoms. The fourth-order valence-electron chi connectivity index (χ4n) is 5.57. The van der Waals surface area contributed by atoms with E-state index in [0.29, 0.717) is 30.7 Å². The van der Waals surface area contributed by atoms with Gasteiger partial charge in [-0.25, -0.2) is 9.69 Å². The van der Waals surface area contributed by atoms with E-state index in [1.54, 1.807) is 17.0 Å². The van der Waals surface area contributed by atoms with Gasteiger partial charge >= 0.3 is 12.5 Å². The highest BCUT2D eigenvalue weighted by atomic mass is 19.4. The maximum atomic E-state index is 12.9. The Morgan fingerprint density at radius 3 is 2.04 bits per heavy atom. The maximum absolute atomic E-state index is 12.9. The monoisotopic (exact) mass is 668 g/mol. The number of rotatable bonds is 4. The molecule has 3 aromatic rings. The van der Waals surface area contributed by atoms with Crippen molar-refractivity contribution < 1.29 is 37.0 Å². The molecule has 3 amide bonds. The second kappa shape index (κ2) is 16.2. The SMILES string of the molecule is CC.Cc1cc2c(cc1-c1ccccc1OC(F)(F)F)N(C(C)C)C(=O)CC2(C)C.Cc1ccccc1.O=C1OCCN1C(=O)C1CC1. The van der Waals surface area contributed by atoms with Crippen LogP contribution in [0.3, 0.4) is 0 Å². The molecule has 2 heterocycles. The lowest BCUT2D eigenvalue weighted by Crippen LogP contribution is -2.45. The Hall–Kier alpha value is -4.34. The van der Waals surface area contributed by atoms with Gasteiger partial charge in [-0.15, -0.1) is 13.2 Å². The third-order valence-corrected chi connectivity index (χ3v) is 8.01. The van der Waals surface area contributed by atoms with Gasteiger partial charge in [0.05, 0.1) is 6.54 Å². The Morgan fingerprint density at radius 2 is 1.54 bits per heavy atom. The number of benzene rings is 3. The second-order valence-corrected chi connectivity index (χ2v) is 12.7. The number of ether oxygens (including phenoxy) is 2. The van der Waals surface area contributed by atoms with E-state index in [0.717, 1.165) is 29.7 Å². The number of aryl methyl sites for hydroxylation is 2. The van der Waals surface area contributed by atoms with Gasteiger partial charge in [0.15, 0.2) is 0 Å². The minimum Gasteiger partial charge on any atom is -0.447 e. The fraction of sp³-hybridized carbons (Fsp3) is 0.447. The molecular formula is C38H47F3N2O5. The third kappa shape index (κ3) is 9.84. The van der Waals surface area contributed by atoms with Crippen LogP contribution in [-0.2, 0) is 19.7 Å². The van der Waals surface area contributed by atoms with Gasteiger partial charge in [-0.2, -0.15) is 0 Å². The van der Waals surface area contributed by atoms with Crippen LogP contribution in [0.15, 0.2) is 66.7 Å².